The first kappa shape index (κ1) is 15.7. The van der Waals surface area contributed by atoms with Crippen LogP contribution in [0.5, 0.6) is 0 Å². The maximum Gasteiger partial charge on any atom is 0.238 e. The molecule has 1 aliphatic rings. The summed E-state index contributed by atoms with van der Waals surface area (Å²) in [7, 11) is -3.67. The van der Waals surface area contributed by atoms with Gasteiger partial charge in [0.2, 0.25) is 15.9 Å². The maximum atomic E-state index is 11.3. The topological polar surface area (TPSA) is 110 Å². The monoisotopic (exact) mass is 312 g/mol. The minimum absolute atomic E-state index is 0.121. The fourth-order valence-electron chi connectivity index (χ4n) is 2.53. The Hall–Kier alpha value is -1.64. The van der Waals surface area contributed by atoms with Gasteiger partial charge in [0.1, 0.15) is 0 Å². The molecule has 0 aliphatic carbocycles. The molecular formula is C13H20N4O3S. The summed E-state index contributed by atoms with van der Waals surface area (Å²) in [5.74, 6) is -0.322. The van der Waals surface area contributed by atoms with Gasteiger partial charge in [0, 0.05) is 31.9 Å². The molecule has 21 heavy (non-hydrogen) atoms. The molecule has 8 heteroatoms. The van der Waals surface area contributed by atoms with Gasteiger partial charge >= 0.3 is 0 Å². The predicted octanol–water partition coefficient (Wildman–Crippen LogP) is -0.750. The van der Waals surface area contributed by atoms with Gasteiger partial charge in [0.25, 0.3) is 0 Å². The van der Waals surface area contributed by atoms with Gasteiger partial charge in [-0.1, -0.05) is 0 Å². The van der Waals surface area contributed by atoms with Crippen LogP contribution in [-0.4, -0.2) is 51.9 Å². The Morgan fingerprint density at radius 2 is 1.86 bits per heavy atom. The smallest absolute Gasteiger partial charge is 0.238 e. The molecule has 0 unspecified atom stereocenters. The Labute approximate surface area is 124 Å². The number of anilines is 1. The van der Waals surface area contributed by atoms with Crippen molar-refractivity contribution < 1.29 is 13.2 Å². The molecule has 1 heterocycles. The molecule has 116 valence electrons. The minimum Gasteiger partial charge on any atom is -0.369 e. The van der Waals surface area contributed by atoms with Crippen molar-refractivity contribution in [1.29, 1.82) is 0 Å². The van der Waals surface area contributed by atoms with E-state index in [0.717, 1.165) is 37.4 Å². The minimum atomic E-state index is -3.67. The van der Waals surface area contributed by atoms with Crippen LogP contribution in [0.1, 0.15) is 5.56 Å². The average molecular weight is 312 g/mol. The second kappa shape index (κ2) is 6.00. The third-order valence-electron chi connectivity index (χ3n) is 3.59. The van der Waals surface area contributed by atoms with Crippen molar-refractivity contribution in [2.75, 3.05) is 37.6 Å². The number of carbonyl (C=O) groups excluding carboxylic acids is 1. The van der Waals surface area contributed by atoms with Crippen molar-refractivity contribution in [2.45, 2.75) is 11.8 Å². The highest BCUT2D eigenvalue weighted by Crippen LogP contribution is 2.24. The van der Waals surface area contributed by atoms with Crippen LogP contribution in [0.25, 0.3) is 0 Å². The first-order valence-corrected chi connectivity index (χ1v) is 8.21. The first-order chi connectivity index (χ1) is 9.77. The van der Waals surface area contributed by atoms with Crippen LogP contribution < -0.4 is 15.8 Å². The second-order valence-electron chi connectivity index (χ2n) is 5.22. The van der Waals surface area contributed by atoms with E-state index in [9.17, 15) is 13.2 Å². The second-order valence-corrected chi connectivity index (χ2v) is 6.78. The zero-order valence-electron chi connectivity index (χ0n) is 11.9. The van der Waals surface area contributed by atoms with Crippen LogP contribution in [0.3, 0.4) is 0 Å². The lowest BCUT2D eigenvalue weighted by Crippen LogP contribution is -2.49. The van der Waals surface area contributed by atoms with Crippen LogP contribution in [0.4, 0.5) is 5.69 Å². The molecule has 0 saturated carbocycles. The van der Waals surface area contributed by atoms with Crippen LogP contribution >= 0.6 is 0 Å². The van der Waals surface area contributed by atoms with Crippen molar-refractivity contribution in [3.63, 3.8) is 0 Å². The van der Waals surface area contributed by atoms with Gasteiger partial charge in [-0.25, -0.2) is 13.6 Å². The standard InChI is InChI=1S/C13H20N4O3S/c1-10-8-11(21(15,19)20)2-3-12(10)17-6-4-16(5-7-17)9-13(14)18/h2-3,8H,4-7,9H2,1H3,(H2,14,18)(H2,15,19,20). The molecule has 2 rings (SSSR count). The quantitative estimate of drug-likeness (QED) is 0.760. The highest BCUT2D eigenvalue weighted by atomic mass is 32.2. The largest absolute Gasteiger partial charge is 0.369 e. The molecule has 0 spiro atoms. The van der Waals surface area contributed by atoms with E-state index in [1.807, 2.05) is 11.8 Å². The number of piperazine rings is 1. The summed E-state index contributed by atoms with van der Waals surface area (Å²) in [6, 6.07) is 4.88. The SMILES string of the molecule is Cc1cc(S(N)(=O)=O)ccc1N1CCN(CC(N)=O)CC1. The van der Waals surface area contributed by atoms with Crippen molar-refractivity contribution in [2.24, 2.45) is 10.9 Å². The number of nitrogens with two attached hydrogens (primary N) is 2. The zero-order valence-corrected chi connectivity index (χ0v) is 12.8. The van der Waals surface area contributed by atoms with E-state index in [4.69, 9.17) is 10.9 Å². The van der Waals surface area contributed by atoms with E-state index in [2.05, 4.69) is 4.90 Å². The van der Waals surface area contributed by atoms with Crippen molar-refractivity contribution in [1.82, 2.24) is 4.90 Å². The van der Waals surface area contributed by atoms with Crippen LogP contribution in [-0.2, 0) is 14.8 Å². The van der Waals surface area contributed by atoms with Gasteiger partial charge in [-0.2, -0.15) is 0 Å². The molecule has 1 aromatic carbocycles. The van der Waals surface area contributed by atoms with E-state index in [0.29, 0.717) is 0 Å². The predicted molar refractivity (Wildman–Crippen MR) is 80.4 cm³/mol. The Kier molecular flexibility index (Phi) is 4.50. The zero-order chi connectivity index (χ0) is 15.6. The highest BCUT2D eigenvalue weighted by molar-refractivity contribution is 7.89. The highest BCUT2D eigenvalue weighted by Gasteiger charge is 2.20. The van der Waals surface area contributed by atoms with Crippen LogP contribution in [0.15, 0.2) is 23.1 Å². The van der Waals surface area contributed by atoms with E-state index in [1.54, 1.807) is 12.1 Å². The molecule has 0 atom stereocenters. The number of carbonyl (C=O) groups is 1. The molecule has 1 aliphatic heterocycles. The Bertz CT molecular complexity index is 637. The van der Waals surface area contributed by atoms with Gasteiger partial charge in [-0.3, -0.25) is 9.69 Å². The molecule has 1 fully saturated rings. The molecule has 1 aromatic rings. The van der Waals surface area contributed by atoms with Gasteiger partial charge in [0.05, 0.1) is 11.4 Å². The maximum absolute atomic E-state index is 11.3. The van der Waals surface area contributed by atoms with Gasteiger partial charge < -0.3 is 10.6 Å². The number of hydrogen-bond donors (Lipinski definition) is 2. The molecule has 4 N–H and O–H groups in total. The van der Waals surface area contributed by atoms with E-state index < -0.39 is 10.0 Å². The summed E-state index contributed by atoms with van der Waals surface area (Å²) >= 11 is 0. The lowest BCUT2D eigenvalue weighted by Gasteiger charge is -2.36. The molecule has 1 amide bonds. The number of benzene rings is 1. The number of amides is 1. The van der Waals surface area contributed by atoms with Crippen molar-refractivity contribution >= 4 is 21.6 Å². The number of aryl methyl sites for hydroxylation is 1. The van der Waals surface area contributed by atoms with Gasteiger partial charge in [0.15, 0.2) is 0 Å². The molecular weight excluding hydrogens is 292 g/mol. The Morgan fingerprint density at radius 1 is 1.24 bits per heavy atom. The fourth-order valence-corrected chi connectivity index (χ4v) is 3.13. The normalized spacial score (nSPS) is 17.0. The van der Waals surface area contributed by atoms with Gasteiger partial charge in [-0.15, -0.1) is 0 Å². The van der Waals surface area contributed by atoms with Crippen molar-refractivity contribution in [3.8, 4) is 0 Å². The third-order valence-corrected chi connectivity index (χ3v) is 4.50. The number of sulfonamides is 1. The number of nitrogens with zero attached hydrogens (tertiary/aromatic N) is 2. The number of rotatable bonds is 4. The molecule has 7 nitrogen and oxygen atoms in total. The van der Waals surface area contributed by atoms with Crippen LogP contribution in [0.2, 0.25) is 0 Å². The van der Waals surface area contributed by atoms with Gasteiger partial charge in [-0.05, 0) is 30.7 Å². The van der Waals surface area contributed by atoms with E-state index in [-0.39, 0.29) is 17.3 Å². The van der Waals surface area contributed by atoms with Crippen LogP contribution in [0, 0.1) is 6.92 Å². The number of hydrogen-bond acceptors (Lipinski definition) is 5. The summed E-state index contributed by atoms with van der Waals surface area (Å²) in [5.41, 5.74) is 7.04. The summed E-state index contributed by atoms with van der Waals surface area (Å²) in [4.78, 5) is 15.2. The molecule has 1 saturated heterocycles. The molecule has 0 radical (unpaired) electrons. The Balaban J connectivity index is 2.09. The number of primary amides is 1. The summed E-state index contributed by atoms with van der Waals surface area (Å²) in [6.45, 7) is 5.17. The Morgan fingerprint density at radius 3 is 2.33 bits per heavy atom. The van der Waals surface area contributed by atoms with E-state index >= 15 is 0 Å². The lowest BCUT2D eigenvalue weighted by molar-refractivity contribution is -0.119. The lowest BCUT2D eigenvalue weighted by atomic mass is 10.1. The molecule has 0 bridgehead atoms. The number of primary sulfonamides is 1. The van der Waals surface area contributed by atoms with E-state index in [1.165, 1.54) is 6.07 Å². The fraction of sp³-hybridized carbons (Fsp3) is 0.462. The molecule has 0 aromatic heterocycles. The van der Waals surface area contributed by atoms with Crippen molar-refractivity contribution in [3.05, 3.63) is 23.8 Å². The third kappa shape index (κ3) is 3.93. The summed E-state index contributed by atoms with van der Waals surface area (Å²) < 4.78 is 22.7. The first-order valence-electron chi connectivity index (χ1n) is 6.66. The summed E-state index contributed by atoms with van der Waals surface area (Å²) in [6.07, 6.45) is 0. The average Bonchev–Trinajstić information content (AvgIpc) is 2.38. The summed E-state index contributed by atoms with van der Waals surface area (Å²) in [5, 5.41) is 5.13.